The number of benzene rings is 2. The average molecular weight is 657 g/mol. The van der Waals surface area contributed by atoms with Crippen LogP contribution in [0.3, 0.4) is 0 Å². The number of aliphatic carboxylic acids is 1. The van der Waals surface area contributed by atoms with Gasteiger partial charge in [0.15, 0.2) is 0 Å². The van der Waals surface area contributed by atoms with Crippen molar-refractivity contribution in [1.82, 2.24) is 9.80 Å². The molecule has 0 aromatic heterocycles. The predicted molar refractivity (Wildman–Crippen MR) is 161 cm³/mol. The lowest BCUT2D eigenvalue weighted by Crippen LogP contribution is -2.46. The van der Waals surface area contributed by atoms with Gasteiger partial charge in [-0.1, -0.05) is 37.8 Å². The van der Waals surface area contributed by atoms with Crippen LogP contribution in [0.2, 0.25) is 0 Å². The molecule has 3 atom stereocenters. The highest BCUT2D eigenvalue weighted by Gasteiger charge is 2.43. The second-order valence-corrected chi connectivity index (χ2v) is 13.6. The van der Waals surface area contributed by atoms with Crippen LogP contribution in [-0.4, -0.2) is 59.6 Å². The topological polar surface area (TPSA) is 43.8 Å². The zero-order valence-electron chi connectivity index (χ0n) is 25.9. The maximum atomic E-state index is 14.3. The molecule has 3 aliphatic rings. The molecule has 1 saturated carbocycles. The molecule has 2 saturated heterocycles. The van der Waals surface area contributed by atoms with Gasteiger partial charge in [0, 0.05) is 25.6 Å². The van der Waals surface area contributed by atoms with Crippen LogP contribution in [0.25, 0.3) is 0 Å². The van der Waals surface area contributed by atoms with Crippen LogP contribution in [0, 0.1) is 23.6 Å². The third-order valence-corrected chi connectivity index (χ3v) is 10.4. The predicted octanol–water partition coefficient (Wildman–Crippen LogP) is 8.65. The van der Waals surface area contributed by atoms with Crippen molar-refractivity contribution in [2.75, 3.05) is 32.7 Å². The summed E-state index contributed by atoms with van der Waals surface area (Å²) in [5.74, 6) is -0.514. The van der Waals surface area contributed by atoms with E-state index in [-0.39, 0.29) is 41.6 Å². The minimum Gasteiger partial charge on any atom is -0.480 e. The van der Waals surface area contributed by atoms with Crippen LogP contribution in [0.1, 0.15) is 86.0 Å². The highest BCUT2D eigenvalue weighted by atomic mass is 19.4. The Labute approximate surface area is 265 Å². The molecule has 2 aromatic carbocycles. The van der Waals surface area contributed by atoms with Crippen LogP contribution in [0.5, 0.6) is 0 Å². The second kappa shape index (κ2) is 14.6. The number of aryl methyl sites for hydroxylation is 1. The third kappa shape index (κ3) is 8.82. The van der Waals surface area contributed by atoms with Crippen LogP contribution >= 0.6 is 0 Å². The Bertz CT molecular complexity index is 1280. The Morgan fingerprint density at radius 1 is 0.870 bits per heavy atom. The molecule has 5 rings (SSSR count). The van der Waals surface area contributed by atoms with Gasteiger partial charge in [-0.05, 0) is 111 Å². The third-order valence-electron chi connectivity index (χ3n) is 10.4. The van der Waals surface area contributed by atoms with E-state index in [1.54, 1.807) is 12.1 Å². The standard InChI is InChI=1S/C35H43F7N2O2/c36-30-11-5-10-26(18-30)31-22-44(32(33(45)46)25-8-2-1-3-9-25)21-27(31)20-43-14-12-23(13-15-43)6-4-7-24-16-28(34(37,38)39)19-29(17-24)35(40,41)42/h5,10-11,16-19,23,25,27,31-32H,1-4,6-9,12-15,20-22H2,(H,45,46)/t27-,31+,32+/m0/s1. The zero-order valence-corrected chi connectivity index (χ0v) is 25.9. The molecule has 0 radical (unpaired) electrons. The van der Waals surface area contributed by atoms with E-state index in [2.05, 4.69) is 9.80 Å². The van der Waals surface area contributed by atoms with Crippen LogP contribution < -0.4 is 0 Å². The first-order valence-corrected chi connectivity index (χ1v) is 16.5. The highest BCUT2D eigenvalue weighted by molar-refractivity contribution is 5.74. The number of carboxylic acids is 1. The number of nitrogens with zero attached hydrogens (tertiary/aromatic N) is 2. The summed E-state index contributed by atoms with van der Waals surface area (Å²) < 4.78 is 93.7. The summed E-state index contributed by atoms with van der Waals surface area (Å²) in [7, 11) is 0. The number of hydrogen-bond acceptors (Lipinski definition) is 3. The number of carboxylic acid groups (broad SMARTS) is 1. The molecule has 46 heavy (non-hydrogen) atoms. The molecule has 2 aromatic rings. The summed E-state index contributed by atoms with van der Waals surface area (Å²) >= 11 is 0. The molecule has 0 bridgehead atoms. The van der Waals surface area contributed by atoms with Gasteiger partial charge in [-0.2, -0.15) is 26.3 Å². The first-order valence-electron chi connectivity index (χ1n) is 16.5. The molecular formula is C35H43F7N2O2. The van der Waals surface area contributed by atoms with Gasteiger partial charge in [-0.15, -0.1) is 0 Å². The van der Waals surface area contributed by atoms with Crippen molar-refractivity contribution in [2.45, 2.75) is 88.5 Å². The molecule has 2 heterocycles. The lowest BCUT2D eigenvalue weighted by molar-refractivity contribution is -0.146. The van der Waals surface area contributed by atoms with Gasteiger partial charge in [0.05, 0.1) is 11.1 Å². The second-order valence-electron chi connectivity index (χ2n) is 13.6. The molecule has 11 heteroatoms. The minimum absolute atomic E-state index is 0.00733. The van der Waals surface area contributed by atoms with Crippen LogP contribution in [0.4, 0.5) is 30.7 Å². The lowest BCUT2D eigenvalue weighted by Gasteiger charge is -2.35. The molecular weight excluding hydrogens is 613 g/mol. The monoisotopic (exact) mass is 656 g/mol. The van der Waals surface area contributed by atoms with Gasteiger partial charge < -0.3 is 10.0 Å². The van der Waals surface area contributed by atoms with Gasteiger partial charge in [0.2, 0.25) is 0 Å². The highest BCUT2D eigenvalue weighted by Crippen LogP contribution is 2.40. The average Bonchev–Trinajstić information content (AvgIpc) is 3.40. The van der Waals surface area contributed by atoms with E-state index in [1.165, 1.54) is 6.07 Å². The summed E-state index contributed by atoms with van der Waals surface area (Å²) in [5, 5.41) is 10.3. The number of halogens is 7. The molecule has 4 nitrogen and oxygen atoms in total. The molecule has 3 fully saturated rings. The molecule has 0 amide bonds. The molecule has 0 spiro atoms. The SMILES string of the molecule is O=C(O)[C@@H](C1CCCCC1)N1C[C@H](CN2CCC(CCCc3cc(C(F)(F)F)cc(C(F)(F)F)c3)CC2)[C@@H](c2cccc(F)c2)C1. The Morgan fingerprint density at radius 3 is 2.11 bits per heavy atom. The number of likely N-dealkylation sites (tertiary alicyclic amines) is 2. The summed E-state index contributed by atoms with van der Waals surface area (Å²) in [6.07, 6.45) is -1.55. The molecule has 0 unspecified atom stereocenters. The fourth-order valence-electron chi connectivity index (χ4n) is 8.09. The molecule has 2 aliphatic heterocycles. The fourth-order valence-corrected chi connectivity index (χ4v) is 8.09. The van der Waals surface area contributed by atoms with Crippen molar-refractivity contribution < 1.29 is 40.6 Å². The zero-order chi connectivity index (χ0) is 33.1. The van der Waals surface area contributed by atoms with E-state index < -0.39 is 35.5 Å². The molecule has 1 N–H and O–H groups in total. The van der Waals surface area contributed by atoms with Crippen molar-refractivity contribution in [1.29, 1.82) is 0 Å². The maximum Gasteiger partial charge on any atom is 0.416 e. The van der Waals surface area contributed by atoms with Crippen molar-refractivity contribution >= 4 is 5.97 Å². The van der Waals surface area contributed by atoms with E-state index in [0.29, 0.717) is 25.4 Å². The van der Waals surface area contributed by atoms with E-state index in [9.17, 15) is 40.6 Å². The van der Waals surface area contributed by atoms with E-state index in [1.807, 2.05) is 6.07 Å². The number of piperidine rings is 1. The lowest BCUT2D eigenvalue weighted by atomic mass is 9.83. The van der Waals surface area contributed by atoms with Crippen molar-refractivity contribution in [3.8, 4) is 0 Å². The van der Waals surface area contributed by atoms with Gasteiger partial charge in [0.25, 0.3) is 0 Å². The van der Waals surface area contributed by atoms with E-state index in [4.69, 9.17) is 0 Å². The quantitative estimate of drug-likeness (QED) is 0.260. The van der Waals surface area contributed by atoms with Crippen LogP contribution in [-0.2, 0) is 23.6 Å². The summed E-state index contributed by atoms with van der Waals surface area (Å²) in [5.41, 5.74) is -1.62. The molecule has 1 aliphatic carbocycles. The van der Waals surface area contributed by atoms with Gasteiger partial charge >= 0.3 is 18.3 Å². The van der Waals surface area contributed by atoms with Crippen molar-refractivity contribution in [3.63, 3.8) is 0 Å². The Morgan fingerprint density at radius 2 is 1.52 bits per heavy atom. The fraction of sp³-hybridized carbons (Fsp3) is 0.629. The van der Waals surface area contributed by atoms with Gasteiger partial charge in [0.1, 0.15) is 11.9 Å². The Hall–Kier alpha value is -2.66. The number of hydrogen-bond donors (Lipinski definition) is 1. The summed E-state index contributed by atoms with van der Waals surface area (Å²) in [6.45, 7) is 3.58. The first kappa shape index (κ1) is 34.7. The van der Waals surface area contributed by atoms with Crippen molar-refractivity contribution in [2.24, 2.45) is 17.8 Å². The van der Waals surface area contributed by atoms with Gasteiger partial charge in [-0.3, -0.25) is 9.69 Å². The number of alkyl halides is 6. The van der Waals surface area contributed by atoms with E-state index >= 15 is 0 Å². The van der Waals surface area contributed by atoms with Crippen molar-refractivity contribution in [3.05, 3.63) is 70.5 Å². The van der Waals surface area contributed by atoms with E-state index in [0.717, 1.165) is 88.7 Å². The summed E-state index contributed by atoms with van der Waals surface area (Å²) in [4.78, 5) is 17.0. The maximum absolute atomic E-state index is 14.3. The Balaban J connectivity index is 1.18. The minimum atomic E-state index is -4.85. The molecule has 254 valence electrons. The van der Waals surface area contributed by atoms with Crippen LogP contribution in [0.15, 0.2) is 42.5 Å². The van der Waals surface area contributed by atoms with Gasteiger partial charge in [-0.25, -0.2) is 4.39 Å². The first-order chi connectivity index (χ1) is 21.8. The smallest absolute Gasteiger partial charge is 0.416 e. The normalized spacial score (nSPS) is 23.5. The summed E-state index contributed by atoms with van der Waals surface area (Å²) in [6, 6.07) is 7.87. The number of carbonyl (C=O) groups is 1. The largest absolute Gasteiger partial charge is 0.480 e. The number of rotatable bonds is 10. The Kier molecular flexibility index (Phi) is 11.0.